The zero-order chi connectivity index (χ0) is 30.1. The Balaban J connectivity index is 0.000000216. The van der Waals surface area contributed by atoms with Crippen molar-refractivity contribution >= 4 is 47.0 Å². The third kappa shape index (κ3) is 8.50. The molecule has 0 saturated carbocycles. The maximum atomic E-state index is 12.1. The zero-order valence-corrected chi connectivity index (χ0v) is 24.5. The number of aliphatic hydroxyl groups excluding tert-OH is 1. The summed E-state index contributed by atoms with van der Waals surface area (Å²) in [5.74, 6) is 0.158. The number of benzene rings is 1. The smallest absolute Gasteiger partial charge is 0.353 e. The second kappa shape index (κ2) is 15.1. The zero-order valence-electron chi connectivity index (χ0n) is 22.8. The molecule has 2 aliphatic heterocycles. The highest BCUT2D eigenvalue weighted by Crippen LogP contribution is 2.35. The number of nitrogens with zero attached hydrogens (tertiary/aromatic N) is 4. The first kappa shape index (κ1) is 31.4. The first-order chi connectivity index (χ1) is 20.3. The van der Waals surface area contributed by atoms with Crippen LogP contribution in [-0.2, 0) is 19.0 Å². The van der Waals surface area contributed by atoms with Crippen LogP contribution in [0.1, 0.15) is 28.0 Å². The number of esters is 1. The molecule has 4 heterocycles. The van der Waals surface area contributed by atoms with Gasteiger partial charge >= 0.3 is 17.3 Å². The molecule has 1 aromatic carbocycles. The molecule has 1 amide bonds. The summed E-state index contributed by atoms with van der Waals surface area (Å²) < 4.78 is 19.1. The van der Waals surface area contributed by atoms with Gasteiger partial charge in [0.15, 0.2) is 0 Å². The van der Waals surface area contributed by atoms with Crippen LogP contribution in [0.15, 0.2) is 64.4 Å². The summed E-state index contributed by atoms with van der Waals surface area (Å²) in [4.78, 5) is 54.5. The van der Waals surface area contributed by atoms with Crippen LogP contribution in [0.3, 0.4) is 0 Å². The molecule has 42 heavy (non-hydrogen) atoms. The fourth-order valence-corrected chi connectivity index (χ4v) is 6.00. The van der Waals surface area contributed by atoms with Crippen molar-refractivity contribution in [3.05, 3.63) is 81.4 Å². The summed E-state index contributed by atoms with van der Waals surface area (Å²) in [6.07, 6.45) is 3.27. The van der Waals surface area contributed by atoms with E-state index in [2.05, 4.69) is 15.3 Å². The van der Waals surface area contributed by atoms with E-state index in [1.54, 1.807) is 54.1 Å². The van der Waals surface area contributed by atoms with Crippen LogP contribution in [0.5, 0.6) is 0 Å². The van der Waals surface area contributed by atoms with Gasteiger partial charge in [0.2, 0.25) is 11.7 Å². The molecule has 0 radical (unpaired) electrons. The Labute approximate surface area is 248 Å². The van der Waals surface area contributed by atoms with Crippen LogP contribution in [0.4, 0.5) is 11.6 Å². The first-order valence-corrected chi connectivity index (χ1v) is 14.8. The van der Waals surface area contributed by atoms with Gasteiger partial charge in [-0.15, -0.1) is 16.7 Å². The van der Waals surface area contributed by atoms with Gasteiger partial charge in [-0.1, -0.05) is 30.0 Å². The number of quaternary nitrogens is 1. The molecule has 0 spiro atoms. The van der Waals surface area contributed by atoms with E-state index in [0.29, 0.717) is 24.6 Å². The number of ether oxygens (including phenoxy) is 3. The van der Waals surface area contributed by atoms with Gasteiger partial charge in [-0.25, -0.2) is 14.4 Å². The van der Waals surface area contributed by atoms with Crippen LogP contribution < -0.4 is 22.0 Å². The molecule has 16 heteroatoms. The minimum atomic E-state index is -0.487. The lowest BCUT2D eigenvalue weighted by Crippen LogP contribution is -2.73. The topological polar surface area (TPSA) is 180 Å². The normalized spacial score (nSPS) is 21.3. The summed E-state index contributed by atoms with van der Waals surface area (Å²) in [5, 5.41) is 12.8. The number of rotatable bonds is 8. The van der Waals surface area contributed by atoms with Crippen molar-refractivity contribution in [2.24, 2.45) is 0 Å². The number of aliphatic hydroxyl groups is 1. The molecule has 224 valence electrons. The lowest BCUT2D eigenvalue weighted by atomic mass is 10.2. The van der Waals surface area contributed by atoms with E-state index in [-0.39, 0.29) is 52.2 Å². The Morgan fingerprint density at radius 1 is 1.00 bits per heavy atom. The average Bonchev–Trinajstić information content (AvgIpc) is 3.66. The molecule has 2 fully saturated rings. The third-order valence-electron chi connectivity index (χ3n) is 5.88. The summed E-state index contributed by atoms with van der Waals surface area (Å²) in [6.45, 7) is 2.10. The molecule has 2 aliphatic rings. The predicted octanol–water partition coefficient (Wildman–Crippen LogP) is 0.295. The van der Waals surface area contributed by atoms with Crippen LogP contribution in [0.25, 0.3) is 0 Å². The van der Waals surface area contributed by atoms with Gasteiger partial charge in [-0.05, 0) is 18.2 Å². The van der Waals surface area contributed by atoms with Gasteiger partial charge in [0.05, 0.1) is 32.4 Å². The molecule has 0 bridgehead atoms. The number of nitrogens with one attached hydrogen (secondary N) is 1. The van der Waals surface area contributed by atoms with Crippen molar-refractivity contribution in [1.82, 2.24) is 19.1 Å². The van der Waals surface area contributed by atoms with Crippen molar-refractivity contribution in [3.8, 4) is 0 Å². The molecule has 2 aromatic heterocycles. The number of carbonyl (C=O) groups is 2. The second-order valence-electron chi connectivity index (χ2n) is 8.87. The summed E-state index contributed by atoms with van der Waals surface area (Å²) in [7, 11) is 1.83. The van der Waals surface area contributed by atoms with Crippen molar-refractivity contribution in [2.75, 3.05) is 38.8 Å². The number of anilines is 1. The minimum absolute atomic E-state index is 0.0375. The number of aromatic nitrogens is 4. The summed E-state index contributed by atoms with van der Waals surface area (Å²) in [5.41, 5.74) is -0.903. The number of amides is 1. The van der Waals surface area contributed by atoms with E-state index in [4.69, 9.17) is 19.3 Å². The third-order valence-corrected chi connectivity index (χ3v) is 8.40. The van der Waals surface area contributed by atoms with Crippen LogP contribution in [0, 0.1) is 0 Å². The molecule has 4 atom stereocenters. The average molecular weight is 620 g/mol. The lowest BCUT2D eigenvalue weighted by Gasteiger charge is -2.12. The number of carbonyl (C=O) groups excluding carboxylic acids is 2. The highest BCUT2D eigenvalue weighted by Gasteiger charge is 2.30. The van der Waals surface area contributed by atoms with E-state index >= 15 is 0 Å². The van der Waals surface area contributed by atoms with Crippen molar-refractivity contribution in [1.29, 1.82) is 0 Å². The number of hydrogen-bond donors (Lipinski definition) is 3. The highest BCUT2D eigenvalue weighted by atomic mass is 32.2. The number of thioether (sulfide) groups is 2. The van der Waals surface area contributed by atoms with Crippen LogP contribution in [-0.4, -0.2) is 80.4 Å². The van der Waals surface area contributed by atoms with Crippen molar-refractivity contribution in [2.45, 2.75) is 28.5 Å². The maximum absolute atomic E-state index is 12.1. The fraction of sp³-hybridized carbons (Fsp3) is 0.385. The Morgan fingerprint density at radius 2 is 1.62 bits per heavy atom. The lowest BCUT2D eigenvalue weighted by molar-refractivity contribution is -0.543. The number of nitrogens with two attached hydrogens (primary N) is 1. The van der Waals surface area contributed by atoms with E-state index in [0.717, 1.165) is 0 Å². The molecule has 14 nitrogen and oxygen atoms in total. The maximum Gasteiger partial charge on any atom is 0.353 e. The SMILES string of the molecule is CC(=O)Nc1ccn(C2CO[C@H](COC(=O)c3ccccc3)S2)c(=O)n1.C[NH2+]c1ccn([C@@H]2CO[C@H](CO)S2)c(=O)n1. The first-order valence-electron chi connectivity index (χ1n) is 12.9. The Hall–Kier alpha value is -3.54. The van der Waals surface area contributed by atoms with Gasteiger partial charge in [0, 0.05) is 25.4 Å². The molecule has 2 saturated heterocycles. The second-order valence-corrected chi connectivity index (χ2v) is 11.6. The van der Waals surface area contributed by atoms with Crippen LogP contribution >= 0.6 is 23.5 Å². The summed E-state index contributed by atoms with van der Waals surface area (Å²) >= 11 is 2.80. The minimum Gasteiger partial charge on any atom is -0.458 e. The Morgan fingerprint density at radius 3 is 2.19 bits per heavy atom. The number of hydrogen-bond acceptors (Lipinski definition) is 12. The van der Waals surface area contributed by atoms with E-state index in [1.165, 1.54) is 39.6 Å². The summed E-state index contributed by atoms with van der Waals surface area (Å²) in [6, 6.07) is 12.0. The molecular weight excluding hydrogens is 588 g/mol. The standard InChI is InChI=1S/C17H17N3O5S.C9H13N3O3S/c1-11(21)18-13-7-8-20(17(23)19-13)14-9-24-15(26-14)10-25-16(22)12-5-3-2-4-6-12;1-10-6-2-3-12(9(14)11-6)7-5-15-8(4-13)16-7/h2-8,14-15H,9-10H2,1H3,(H,18,19,21,23);2-3,7-8,13H,4-5H2,1H3,(H,10,11,14)/p+1/t14?,15-;7-,8-/m00/s1. The van der Waals surface area contributed by atoms with Gasteiger partial charge in [0.25, 0.3) is 0 Å². The van der Waals surface area contributed by atoms with E-state index < -0.39 is 11.7 Å². The molecule has 4 N–H and O–H groups in total. The molecule has 5 rings (SSSR count). The van der Waals surface area contributed by atoms with E-state index in [9.17, 15) is 19.2 Å². The van der Waals surface area contributed by atoms with Crippen LogP contribution in [0.2, 0.25) is 0 Å². The quantitative estimate of drug-likeness (QED) is 0.294. The largest absolute Gasteiger partial charge is 0.458 e. The monoisotopic (exact) mass is 619 g/mol. The Bertz CT molecular complexity index is 1490. The molecule has 3 aromatic rings. The van der Waals surface area contributed by atoms with Gasteiger partial charge in [0.1, 0.15) is 34.0 Å². The van der Waals surface area contributed by atoms with Crippen molar-refractivity contribution in [3.63, 3.8) is 0 Å². The molecule has 1 unspecified atom stereocenters. The van der Waals surface area contributed by atoms with Gasteiger partial charge in [-0.2, -0.15) is 4.98 Å². The predicted molar refractivity (Wildman–Crippen MR) is 155 cm³/mol. The van der Waals surface area contributed by atoms with E-state index in [1.807, 2.05) is 13.1 Å². The van der Waals surface area contributed by atoms with Gasteiger partial charge < -0.3 is 24.6 Å². The molecular formula is C26H31N6O8S2+. The van der Waals surface area contributed by atoms with Gasteiger partial charge in [-0.3, -0.25) is 19.2 Å². The van der Waals surface area contributed by atoms with Crippen molar-refractivity contribution < 1.29 is 34.2 Å². The fourth-order valence-electron chi connectivity index (χ4n) is 3.85. The molecule has 0 aliphatic carbocycles. The highest BCUT2D eigenvalue weighted by molar-refractivity contribution is 8.00. The Kier molecular flexibility index (Phi) is 11.3.